The van der Waals surface area contributed by atoms with Crippen molar-refractivity contribution in [3.8, 4) is 0 Å². The van der Waals surface area contributed by atoms with Crippen molar-refractivity contribution in [2.75, 3.05) is 19.6 Å². The molecule has 16 heavy (non-hydrogen) atoms. The molecule has 0 N–H and O–H groups in total. The van der Waals surface area contributed by atoms with Gasteiger partial charge in [-0.05, 0) is 48.0 Å². The van der Waals surface area contributed by atoms with Crippen molar-refractivity contribution in [3.63, 3.8) is 0 Å². The van der Waals surface area contributed by atoms with Gasteiger partial charge in [0.05, 0.1) is 0 Å². The van der Waals surface area contributed by atoms with Crippen molar-refractivity contribution < 1.29 is 0 Å². The Morgan fingerprint density at radius 1 is 0.938 bits per heavy atom. The Morgan fingerprint density at radius 3 is 1.88 bits per heavy atom. The van der Waals surface area contributed by atoms with Gasteiger partial charge in [0.15, 0.2) is 0 Å². The fourth-order valence-electron chi connectivity index (χ4n) is 2.70. The molecule has 2 nitrogen and oxygen atoms in total. The third kappa shape index (κ3) is 3.21. The van der Waals surface area contributed by atoms with E-state index in [-0.39, 0.29) is 0 Å². The summed E-state index contributed by atoms with van der Waals surface area (Å²) in [6, 6.07) is 0.716. The van der Waals surface area contributed by atoms with Gasteiger partial charge in [0.25, 0.3) is 0 Å². The highest BCUT2D eigenvalue weighted by Gasteiger charge is 2.35. The maximum absolute atomic E-state index is 2.68. The average molecular weight is 226 g/mol. The Hall–Kier alpha value is -0.0800. The molecule has 0 bridgehead atoms. The SMILES string of the molecule is CCC1CN(C(C)(C)C)CCN1C(C)(C)C. The molecule has 1 fully saturated rings. The van der Waals surface area contributed by atoms with Gasteiger partial charge in [-0.25, -0.2) is 0 Å². The third-order valence-corrected chi connectivity index (χ3v) is 3.76. The lowest BCUT2D eigenvalue weighted by Crippen LogP contribution is -2.62. The molecule has 0 spiro atoms. The molecule has 1 saturated heterocycles. The fraction of sp³-hybridized carbons (Fsp3) is 1.00. The molecule has 0 aromatic carbocycles. The molecule has 0 radical (unpaired) electrons. The number of piperazine rings is 1. The van der Waals surface area contributed by atoms with Crippen molar-refractivity contribution in [3.05, 3.63) is 0 Å². The molecule has 1 rings (SSSR count). The number of rotatable bonds is 1. The molecule has 1 atom stereocenters. The standard InChI is InChI=1S/C14H30N2/c1-8-12-11-15(13(2,3)4)9-10-16(12)14(5,6)7/h12H,8-11H2,1-7H3. The van der Waals surface area contributed by atoms with E-state index in [9.17, 15) is 0 Å². The van der Waals surface area contributed by atoms with Crippen molar-refractivity contribution in [2.45, 2.75) is 72.0 Å². The second-order valence-electron chi connectivity index (χ2n) is 7.04. The normalized spacial score (nSPS) is 26.1. The van der Waals surface area contributed by atoms with Gasteiger partial charge in [-0.2, -0.15) is 0 Å². The van der Waals surface area contributed by atoms with Crippen LogP contribution in [0, 0.1) is 0 Å². The second kappa shape index (κ2) is 4.66. The summed E-state index contributed by atoms with van der Waals surface area (Å²) >= 11 is 0. The summed E-state index contributed by atoms with van der Waals surface area (Å²) in [7, 11) is 0. The zero-order valence-electron chi connectivity index (χ0n) is 12.3. The Kier molecular flexibility index (Phi) is 4.07. The van der Waals surface area contributed by atoms with Crippen LogP contribution in [0.25, 0.3) is 0 Å². The lowest BCUT2D eigenvalue weighted by atomic mass is 9.95. The molecule has 1 aliphatic heterocycles. The van der Waals surface area contributed by atoms with Crippen molar-refractivity contribution in [1.82, 2.24) is 9.80 Å². The largest absolute Gasteiger partial charge is 0.296 e. The highest BCUT2D eigenvalue weighted by molar-refractivity contribution is 4.92. The molecular weight excluding hydrogens is 196 g/mol. The van der Waals surface area contributed by atoms with E-state index in [4.69, 9.17) is 0 Å². The van der Waals surface area contributed by atoms with E-state index in [1.165, 1.54) is 26.1 Å². The monoisotopic (exact) mass is 226 g/mol. The van der Waals surface area contributed by atoms with Gasteiger partial charge in [-0.15, -0.1) is 0 Å². The van der Waals surface area contributed by atoms with Gasteiger partial charge in [0.2, 0.25) is 0 Å². The molecule has 1 unspecified atom stereocenters. The van der Waals surface area contributed by atoms with E-state index in [0.29, 0.717) is 17.1 Å². The van der Waals surface area contributed by atoms with Crippen LogP contribution in [0.3, 0.4) is 0 Å². The number of hydrogen-bond acceptors (Lipinski definition) is 2. The van der Waals surface area contributed by atoms with Crippen LogP contribution in [-0.2, 0) is 0 Å². The van der Waals surface area contributed by atoms with Crippen LogP contribution in [0.2, 0.25) is 0 Å². The first-order valence-corrected chi connectivity index (χ1v) is 6.68. The van der Waals surface area contributed by atoms with E-state index in [1.54, 1.807) is 0 Å². The van der Waals surface area contributed by atoms with Crippen LogP contribution < -0.4 is 0 Å². The summed E-state index contributed by atoms with van der Waals surface area (Å²) in [5.74, 6) is 0. The van der Waals surface area contributed by atoms with Gasteiger partial charge in [0, 0.05) is 36.8 Å². The zero-order valence-corrected chi connectivity index (χ0v) is 12.3. The Balaban J connectivity index is 2.72. The average Bonchev–Trinajstić information content (AvgIpc) is 2.14. The minimum Gasteiger partial charge on any atom is -0.296 e. The van der Waals surface area contributed by atoms with Crippen molar-refractivity contribution in [2.24, 2.45) is 0 Å². The quantitative estimate of drug-likeness (QED) is 0.678. The first-order chi connectivity index (χ1) is 7.16. The summed E-state index contributed by atoms with van der Waals surface area (Å²) in [5, 5.41) is 0. The summed E-state index contributed by atoms with van der Waals surface area (Å²) in [4.78, 5) is 5.30. The Morgan fingerprint density at radius 2 is 1.50 bits per heavy atom. The molecule has 0 aromatic heterocycles. The van der Waals surface area contributed by atoms with Crippen LogP contribution in [0.1, 0.15) is 54.9 Å². The first kappa shape index (κ1) is 14.0. The predicted molar refractivity (Wildman–Crippen MR) is 71.9 cm³/mol. The lowest BCUT2D eigenvalue weighted by Gasteiger charge is -2.51. The maximum Gasteiger partial charge on any atom is 0.0226 e. The Bertz CT molecular complexity index is 222. The molecule has 1 aliphatic rings. The van der Waals surface area contributed by atoms with Gasteiger partial charge < -0.3 is 0 Å². The van der Waals surface area contributed by atoms with Crippen LogP contribution in [-0.4, -0.2) is 46.6 Å². The molecule has 0 aromatic rings. The summed E-state index contributed by atoms with van der Waals surface area (Å²) in [6.45, 7) is 19.9. The van der Waals surface area contributed by atoms with E-state index in [2.05, 4.69) is 58.3 Å². The first-order valence-electron chi connectivity index (χ1n) is 6.68. The molecule has 0 saturated carbocycles. The minimum absolute atomic E-state index is 0.310. The molecule has 0 aliphatic carbocycles. The summed E-state index contributed by atoms with van der Waals surface area (Å²) in [6.07, 6.45) is 1.25. The van der Waals surface area contributed by atoms with E-state index >= 15 is 0 Å². The smallest absolute Gasteiger partial charge is 0.0226 e. The fourth-order valence-corrected chi connectivity index (χ4v) is 2.70. The van der Waals surface area contributed by atoms with E-state index < -0.39 is 0 Å². The highest BCUT2D eigenvalue weighted by atomic mass is 15.3. The van der Waals surface area contributed by atoms with Gasteiger partial charge in [0.1, 0.15) is 0 Å². The van der Waals surface area contributed by atoms with Gasteiger partial charge in [-0.3, -0.25) is 9.80 Å². The molecule has 96 valence electrons. The highest BCUT2D eigenvalue weighted by Crippen LogP contribution is 2.26. The maximum atomic E-state index is 2.68. The molecule has 0 amide bonds. The van der Waals surface area contributed by atoms with Gasteiger partial charge >= 0.3 is 0 Å². The molecular formula is C14H30N2. The number of nitrogens with zero attached hydrogens (tertiary/aromatic N) is 2. The minimum atomic E-state index is 0.310. The van der Waals surface area contributed by atoms with Crippen molar-refractivity contribution in [1.29, 1.82) is 0 Å². The Labute approximate surface area is 102 Å². The van der Waals surface area contributed by atoms with Crippen molar-refractivity contribution >= 4 is 0 Å². The van der Waals surface area contributed by atoms with Crippen LogP contribution in [0.5, 0.6) is 0 Å². The molecule has 1 heterocycles. The lowest BCUT2D eigenvalue weighted by molar-refractivity contribution is -0.0231. The molecule has 2 heteroatoms. The van der Waals surface area contributed by atoms with Gasteiger partial charge in [-0.1, -0.05) is 6.92 Å². The third-order valence-electron chi connectivity index (χ3n) is 3.76. The van der Waals surface area contributed by atoms with Crippen LogP contribution in [0.15, 0.2) is 0 Å². The second-order valence-corrected chi connectivity index (χ2v) is 7.04. The van der Waals surface area contributed by atoms with Crippen LogP contribution in [0.4, 0.5) is 0 Å². The number of hydrogen-bond donors (Lipinski definition) is 0. The summed E-state index contributed by atoms with van der Waals surface area (Å²) < 4.78 is 0. The predicted octanol–water partition coefficient (Wildman–Crippen LogP) is 2.98. The topological polar surface area (TPSA) is 6.48 Å². The zero-order chi connectivity index (χ0) is 12.6. The van der Waals surface area contributed by atoms with E-state index in [1.807, 2.05) is 0 Å². The van der Waals surface area contributed by atoms with E-state index in [0.717, 1.165) is 0 Å². The summed E-state index contributed by atoms with van der Waals surface area (Å²) in [5.41, 5.74) is 0.627. The van der Waals surface area contributed by atoms with Crippen LogP contribution >= 0.6 is 0 Å².